The van der Waals surface area contributed by atoms with Crippen LogP contribution < -0.4 is 0 Å². The average Bonchev–Trinajstić information content (AvgIpc) is 3.27. The van der Waals surface area contributed by atoms with Gasteiger partial charge in [-0.1, -0.05) is 116 Å². The molecule has 0 saturated heterocycles. The number of benzene rings is 2. The van der Waals surface area contributed by atoms with Crippen molar-refractivity contribution in [1.82, 2.24) is 0 Å². The van der Waals surface area contributed by atoms with Crippen LogP contribution in [0.25, 0.3) is 16.9 Å². The lowest BCUT2D eigenvalue weighted by Crippen LogP contribution is -2.02. The van der Waals surface area contributed by atoms with E-state index in [2.05, 4.69) is 75.4 Å². The third-order valence-electron chi connectivity index (χ3n) is 7.97. The molecule has 0 unspecified atom stereocenters. The Morgan fingerprint density at radius 1 is 0.500 bits per heavy atom. The molecule has 0 N–H and O–H groups in total. The predicted octanol–water partition coefficient (Wildman–Crippen LogP) is 11.5. The van der Waals surface area contributed by atoms with Crippen LogP contribution in [0.3, 0.4) is 0 Å². The fraction of sp³-hybridized carbons (Fsp3) is 0.556. The lowest BCUT2D eigenvalue weighted by molar-refractivity contribution is -0.344. The molecule has 3 rings (SSSR count). The van der Waals surface area contributed by atoms with E-state index in [9.17, 15) is 5.53 Å². The van der Waals surface area contributed by atoms with Gasteiger partial charge in [-0.05, 0) is 73.9 Å². The Morgan fingerprint density at radius 2 is 0.921 bits per heavy atom. The highest BCUT2D eigenvalue weighted by molar-refractivity contribution is 5.78. The standard InChI is InChI=1S/C36H52N2/c1-4-7-10-13-14-17-20-34-29-35(32-25-21-30(22-26-32)18-15-11-8-5-2)38(37)36(34)33-27-23-31(24-28-33)19-16-12-9-6-3/h21-29H,4-20H2,1-3H3. The minimum Gasteiger partial charge on any atom is -0.493 e. The first-order chi connectivity index (χ1) is 18.7. The van der Waals surface area contributed by atoms with Crippen LogP contribution in [-0.2, 0) is 12.8 Å². The third-order valence-corrected chi connectivity index (χ3v) is 7.97. The van der Waals surface area contributed by atoms with Crippen LogP contribution in [0.2, 0.25) is 0 Å². The highest BCUT2D eigenvalue weighted by Crippen LogP contribution is 2.37. The Morgan fingerprint density at radius 3 is 1.45 bits per heavy atom. The number of rotatable bonds is 19. The van der Waals surface area contributed by atoms with Gasteiger partial charge in [-0.15, -0.1) is 0 Å². The second-order valence-electron chi connectivity index (χ2n) is 11.2. The van der Waals surface area contributed by atoms with Gasteiger partial charge in [-0.3, -0.25) is 0 Å². The summed E-state index contributed by atoms with van der Waals surface area (Å²) in [6, 6.07) is 17.8. The van der Waals surface area contributed by atoms with Gasteiger partial charge < -0.3 is 5.53 Å². The Bertz CT molecular complexity index is 1020. The summed E-state index contributed by atoms with van der Waals surface area (Å²) in [5, 5.41) is 0. The van der Waals surface area contributed by atoms with Gasteiger partial charge in [0.2, 0.25) is 11.4 Å². The third kappa shape index (κ3) is 9.37. The van der Waals surface area contributed by atoms with Crippen molar-refractivity contribution in [2.75, 3.05) is 0 Å². The van der Waals surface area contributed by atoms with Gasteiger partial charge in [0, 0.05) is 22.8 Å². The first kappa shape index (κ1) is 30.1. The average molecular weight is 513 g/mol. The zero-order chi connectivity index (χ0) is 27.0. The van der Waals surface area contributed by atoms with Gasteiger partial charge >= 0.3 is 0 Å². The molecule has 0 aromatic heterocycles. The maximum absolute atomic E-state index is 11.4. The largest absolute Gasteiger partial charge is 0.493 e. The van der Waals surface area contributed by atoms with E-state index in [-0.39, 0.29) is 0 Å². The molecule has 1 heterocycles. The zero-order valence-corrected chi connectivity index (χ0v) is 24.6. The molecule has 38 heavy (non-hydrogen) atoms. The van der Waals surface area contributed by atoms with Crippen molar-refractivity contribution in [2.45, 2.75) is 130 Å². The van der Waals surface area contributed by atoms with Crippen molar-refractivity contribution in [3.05, 3.63) is 88.0 Å². The summed E-state index contributed by atoms with van der Waals surface area (Å²) in [5.41, 5.74) is 19.6. The molecule has 206 valence electrons. The second kappa shape index (κ2) is 17.2. The Balaban J connectivity index is 1.72. The van der Waals surface area contributed by atoms with Gasteiger partial charge in [0.15, 0.2) is 0 Å². The van der Waals surface area contributed by atoms with Crippen molar-refractivity contribution in [2.24, 2.45) is 0 Å². The molecular formula is C36H52N2. The molecule has 2 aromatic carbocycles. The van der Waals surface area contributed by atoms with Crippen molar-refractivity contribution in [3.63, 3.8) is 0 Å². The monoisotopic (exact) mass is 512 g/mol. The maximum Gasteiger partial charge on any atom is 0.210 e. The van der Waals surface area contributed by atoms with E-state index in [4.69, 9.17) is 0 Å². The summed E-state index contributed by atoms with van der Waals surface area (Å²) in [4.78, 5) is 0. The van der Waals surface area contributed by atoms with Crippen molar-refractivity contribution >= 4 is 11.4 Å². The van der Waals surface area contributed by atoms with Crippen LogP contribution in [-0.4, -0.2) is 4.70 Å². The molecule has 2 aromatic rings. The van der Waals surface area contributed by atoms with Crippen LogP contribution >= 0.6 is 0 Å². The number of hydrogen-bond donors (Lipinski definition) is 0. The molecule has 0 saturated carbocycles. The van der Waals surface area contributed by atoms with E-state index < -0.39 is 0 Å². The lowest BCUT2D eigenvalue weighted by atomic mass is 9.99. The van der Waals surface area contributed by atoms with E-state index in [0.29, 0.717) is 0 Å². The fourth-order valence-corrected chi connectivity index (χ4v) is 5.53. The molecule has 2 heteroatoms. The second-order valence-corrected chi connectivity index (χ2v) is 11.2. The van der Waals surface area contributed by atoms with Crippen molar-refractivity contribution in [3.8, 4) is 0 Å². The highest BCUT2D eigenvalue weighted by atomic mass is 15.2. The van der Waals surface area contributed by atoms with Gasteiger partial charge in [0.05, 0.1) is 0 Å². The predicted molar refractivity (Wildman–Crippen MR) is 165 cm³/mol. The summed E-state index contributed by atoms with van der Waals surface area (Å²) >= 11 is 0. The number of allylic oxidation sites excluding steroid dienone is 2. The van der Waals surface area contributed by atoms with Crippen molar-refractivity contribution in [1.29, 1.82) is 0 Å². The van der Waals surface area contributed by atoms with Crippen LogP contribution in [0.1, 0.15) is 139 Å². The Labute approximate surface area is 233 Å². The molecule has 0 atom stereocenters. The summed E-state index contributed by atoms with van der Waals surface area (Å²) in [5.74, 6) is 0. The molecule has 2 nitrogen and oxygen atoms in total. The lowest BCUT2D eigenvalue weighted by Gasteiger charge is -2.11. The normalized spacial score (nSPS) is 13.4. The van der Waals surface area contributed by atoms with E-state index in [0.717, 1.165) is 41.8 Å². The first-order valence-corrected chi connectivity index (χ1v) is 15.8. The fourth-order valence-electron chi connectivity index (χ4n) is 5.53. The smallest absolute Gasteiger partial charge is 0.210 e. The highest BCUT2D eigenvalue weighted by Gasteiger charge is 2.28. The molecule has 0 amide bonds. The zero-order valence-electron chi connectivity index (χ0n) is 24.6. The Kier molecular flexibility index (Phi) is 13.6. The molecule has 1 aliphatic rings. The summed E-state index contributed by atoms with van der Waals surface area (Å²) in [6.07, 6.45) is 23.5. The SMILES string of the molecule is CCCCCCCCC1=C(c2ccc(CCCCCC)cc2)[N+](=[N-])C(c2ccc(CCCCCC)cc2)=C1. The quantitative estimate of drug-likeness (QED) is 0.132. The van der Waals surface area contributed by atoms with Crippen LogP contribution in [0.4, 0.5) is 0 Å². The molecule has 0 spiro atoms. The number of unbranched alkanes of at least 4 members (excludes halogenated alkanes) is 11. The Hall–Kier alpha value is -2.48. The van der Waals surface area contributed by atoms with E-state index in [1.165, 1.54) is 111 Å². The van der Waals surface area contributed by atoms with E-state index >= 15 is 0 Å². The van der Waals surface area contributed by atoms with Crippen LogP contribution in [0.5, 0.6) is 0 Å². The van der Waals surface area contributed by atoms with Gasteiger partial charge in [-0.25, -0.2) is 4.70 Å². The molecular weight excluding hydrogens is 460 g/mol. The van der Waals surface area contributed by atoms with Crippen LogP contribution in [0.15, 0.2) is 60.2 Å². The van der Waals surface area contributed by atoms with Gasteiger partial charge in [0.25, 0.3) is 0 Å². The molecule has 0 aliphatic carbocycles. The van der Waals surface area contributed by atoms with Crippen molar-refractivity contribution < 1.29 is 4.70 Å². The first-order valence-electron chi connectivity index (χ1n) is 15.8. The number of aryl methyl sites for hydroxylation is 2. The summed E-state index contributed by atoms with van der Waals surface area (Å²) in [7, 11) is 0. The van der Waals surface area contributed by atoms with E-state index in [1.54, 1.807) is 0 Å². The van der Waals surface area contributed by atoms with Gasteiger partial charge in [0.1, 0.15) is 0 Å². The molecule has 0 bridgehead atoms. The summed E-state index contributed by atoms with van der Waals surface area (Å²) in [6.45, 7) is 6.79. The number of nitrogens with zero attached hydrogens (tertiary/aromatic N) is 2. The van der Waals surface area contributed by atoms with Gasteiger partial charge in [-0.2, -0.15) is 0 Å². The minimum atomic E-state index is 0.905. The molecule has 0 radical (unpaired) electrons. The minimum absolute atomic E-state index is 0.905. The van der Waals surface area contributed by atoms with Crippen LogP contribution in [0, 0.1) is 0 Å². The van der Waals surface area contributed by atoms with E-state index in [1.807, 2.05) is 0 Å². The number of hydrogen-bond acceptors (Lipinski definition) is 0. The molecule has 0 fully saturated rings. The molecule has 1 aliphatic heterocycles. The summed E-state index contributed by atoms with van der Waals surface area (Å²) < 4.78 is 1.46. The topological polar surface area (TPSA) is 25.3 Å². The maximum atomic E-state index is 11.4.